The molecule has 2 heterocycles. The zero-order valence-electron chi connectivity index (χ0n) is 9.86. The van der Waals surface area contributed by atoms with Gasteiger partial charge < -0.3 is 15.0 Å². The minimum absolute atomic E-state index is 0.489. The van der Waals surface area contributed by atoms with Gasteiger partial charge in [-0.15, -0.1) is 5.10 Å². The number of hydrogen-bond acceptors (Lipinski definition) is 5. The first-order chi connectivity index (χ1) is 7.79. The van der Waals surface area contributed by atoms with E-state index in [-0.39, 0.29) is 0 Å². The van der Waals surface area contributed by atoms with Crippen molar-refractivity contribution >= 4 is 5.95 Å². The van der Waals surface area contributed by atoms with Crippen molar-refractivity contribution in [1.29, 1.82) is 0 Å². The minimum Gasteiger partial charge on any atom is -0.374 e. The average Bonchev–Trinajstić information content (AvgIpc) is 2.75. The summed E-state index contributed by atoms with van der Waals surface area (Å²) < 4.78 is 5.28. The van der Waals surface area contributed by atoms with E-state index in [2.05, 4.69) is 32.3 Å². The fourth-order valence-electron chi connectivity index (χ4n) is 1.80. The van der Waals surface area contributed by atoms with Crippen LogP contribution >= 0.6 is 0 Å². The van der Waals surface area contributed by atoms with E-state index in [4.69, 9.17) is 4.74 Å². The lowest BCUT2D eigenvalue weighted by atomic mass is 10.2. The summed E-state index contributed by atoms with van der Waals surface area (Å²) in [4.78, 5) is 6.60. The Morgan fingerprint density at radius 2 is 2.44 bits per heavy atom. The van der Waals surface area contributed by atoms with E-state index in [0.29, 0.717) is 19.3 Å². The molecule has 2 N–H and O–H groups in total. The zero-order chi connectivity index (χ0) is 11.4. The first-order valence-electron chi connectivity index (χ1n) is 5.77. The molecule has 1 aromatic heterocycles. The maximum atomic E-state index is 5.28. The normalized spacial score (nSPS) is 21.4. The Kier molecular flexibility index (Phi) is 3.74. The van der Waals surface area contributed by atoms with Crippen molar-refractivity contribution in [1.82, 2.24) is 20.5 Å². The molecule has 2 rings (SSSR count). The van der Waals surface area contributed by atoms with Crippen LogP contribution in [0.4, 0.5) is 5.95 Å². The van der Waals surface area contributed by atoms with Gasteiger partial charge in [0.2, 0.25) is 5.95 Å². The lowest BCUT2D eigenvalue weighted by molar-refractivity contribution is 0.128. The Morgan fingerprint density at radius 3 is 3.19 bits per heavy atom. The van der Waals surface area contributed by atoms with E-state index in [0.717, 1.165) is 31.4 Å². The Bertz CT molecular complexity index is 327. The summed E-state index contributed by atoms with van der Waals surface area (Å²) in [6.07, 6.45) is 0. The van der Waals surface area contributed by atoms with Crippen molar-refractivity contribution in [3.63, 3.8) is 0 Å². The summed E-state index contributed by atoms with van der Waals surface area (Å²) in [5.41, 5.74) is 0. The van der Waals surface area contributed by atoms with Gasteiger partial charge in [-0.3, -0.25) is 5.10 Å². The van der Waals surface area contributed by atoms with Crippen LogP contribution in [0.15, 0.2) is 0 Å². The molecule has 6 heteroatoms. The van der Waals surface area contributed by atoms with Crippen LogP contribution in [0.2, 0.25) is 0 Å². The topological polar surface area (TPSA) is 66.1 Å². The molecule has 1 aliphatic heterocycles. The highest BCUT2D eigenvalue weighted by atomic mass is 16.5. The van der Waals surface area contributed by atoms with Gasteiger partial charge in [0.05, 0.1) is 0 Å². The van der Waals surface area contributed by atoms with Crippen LogP contribution in [0.5, 0.6) is 0 Å². The summed E-state index contributed by atoms with van der Waals surface area (Å²) in [5.74, 6) is 1.58. The van der Waals surface area contributed by atoms with Crippen LogP contribution < -0.4 is 10.2 Å². The molecule has 1 atom stereocenters. The maximum Gasteiger partial charge on any atom is 0.244 e. The average molecular weight is 225 g/mol. The summed E-state index contributed by atoms with van der Waals surface area (Å²) in [7, 11) is 0. The van der Waals surface area contributed by atoms with E-state index in [1.54, 1.807) is 0 Å². The van der Waals surface area contributed by atoms with Gasteiger partial charge in [0.1, 0.15) is 6.61 Å². The van der Waals surface area contributed by atoms with Gasteiger partial charge in [-0.2, -0.15) is 4.98 Å². The Morgan fingerprint density at radius 1 is 1.56 bits per heavy atom. The van der Waals surface area contributed by atoms with Crippen LogP contribution in [0, 0.1) is 0 Å². The van der Waals surface area contributed by atoms with Gasteiger partial charge in [0.25, 0.3) is 0 Å². The molecule has 0 amide bonds. The summed E-state index contributed by atoms with van der Waals surface area (Å²) in [6, 6.07) is 0.489. The van der Waals surface area contributed by atoms with E-state index >= 15 is 0 Å². The molecule has 1 fully saturated rings. The SMILES string of the molecule is CCOCc1nc(N2CCN[C@@H](C)C2)n[nH]1. The molecule has 0 radical (unpaired) electrons. The van der Waals surface area contributed by atoms with Crippen LogP contribution in [-0.4, -0.2) is 47.5 Å². The van der Waals surface area contributed by atoms with Gasteiger partial charge in [-0.05, 0) is 13.8 Å². The predicted molar refractivity (Wildman–Crippen MR) is 61.4 cm³/mol. The minimum atomic E-state index is 0.489. The number of aromatic nitrogens is 3. The number of hydrogen-bond donors (Lipinski definition) is 2. The second-order valence-corrected chi connectivity index (χ2v) is 4.02. The van der Waals surface area contributed by atoms with Crippen LogP contribution in [-0.2, 0) is 11.3 Å². The van der Waals surface area contributed by atoms with E-state index < -0.39 is 0 Å². The van der Waals surface area contributed by atoms with Crippen molar-refractivity contribution in [2.45, 2.75) is 26.5 Å². The fraction of sp³-hybridized carbons (Fsp3) is 0.800. The third-order valence-electron chi connectivity index (χ3n) is 2.61. The van der Waals surface area contributed by atoms with E-state index in [9.17, 15) is 0 Å². The lowest BCUT2D eigenvalue weighted by Gasteiger charge is -2.30. The third-order valence-corrected chi connectivity index (χ3v) is 2.61. The molecule has 0 aliphatic carbocycles. The van der Waals surface area contributed by atoms with Gasteiger partial charge >= 0.3 is 0 Å². The van der Waals surface area contributed by atoms with Crippen LogP contribution in [0.3, 0.4) is 0 Å². The van der Waals surface area contributed by atoms with Crippen molar-refractivity contribution in [3.05, 3.63) is 5.82 Å². The third kappa shape index (κ3) is 2.70. The van der Waals surface area contributed by atoms with Crippen molar-refractivity contribution in [2.75, 3.05) is 31.1 Å². The largest absolute Gasteiger partial charge is 0.374 e. The van der Waals surface area contributed by atoms with Gasteiger partial charge in [-0.25, -0.2) is 0 Å². The van der Waals surface area contributed by atoms with Gasteiger partial charge in [0.15, 0.2) is 5.82 Å². The monoisotopic (exact) mass is 225 g/mol. The lowest BCUT2D eigenvalue weighted by Crippen LogP contribution is -2.49. The molecular weight excluding hydrogens is 206 g/mol. The number of anilines is 1. The number of nitrogens with one attached hydrogen (secondary N) is 2. The molecule has 0 saturated carbocycles. The zero-order valence-corrected chi connectivity index (χ0v) is 9.86. The number of aromatic amines is 1. The molecule has 6 nitrogen and oxygen atoms in total. The number of ether oxygens (including phenoxy) is 1. The van der Waals surface area contributed by atoms with E-state index in [1.807, 2.05) is 6.92 Å². The number of rotatable bonds is 4. The summed E-state index contributed by atoms with van der Waals surface area (Å²) in [6.45, 7) is 8.22. The van der Waals surface area contributed by atoms with Gasteiger partial charge in [0, 0.05) is 32.3 Å². The molecule has 1 saturated heterocycles. The molecule has 0 bridgehead atoms. The molecule has 16 heavy (non-hydrogen) atoms. The van der Waals surface area contributed by atoms with E-state index in [1.165, 1.54) is 0 Å². The number of piperazine rings is 1. The maximum absolute atomic E-state index is 5.28. The van der Waals surface area contributed by atoms with Gasteiger partial charge in [-0.1, -0.05) is 0 Å². The molecule has 0 unspecified atom stereocenters. The first kappa shape index (κ1) is 11.3. The van der Waals surface area contributed by atoms with Crippen molar-refractivity contribution in [3.8, 4) is 0 Å². The highest BCUT2D eigenvalue weighted by molar-refractivity contribution is 5.29. The van der Waals surface area contributed by atoms with Crippen LogP contribution in [0.25, 0.3) is 0 Å². The Hall–Kier alpha value is -1.14. The molecule has 0 spiro atoms. The summed E-state index contributed by atoms with van der Waals surface area (Å²) in [5, 5.41) is 10.5. The Labute approximate surface area is 95.4 Å². The Balaban J connectivity index is 1.95. The van der Waals surface area contributed by atoms with Crippen LogP contribution in [0.1, 0.15) is 19.7 Å². The highest BCUT2D eigenvalue weighted by Crippen LogP contribution is 2.10. The predicted octanol–water partition coefficient (Wildman–Crippen LogP) is 0.139. The van der Waals surface area contributed by atoms with Crippen molar-refractivity contribution in [2.24, 2.45) is 0 Å². The summed E-state index contributed by atoms with van der Waals surface area (Å²) >= 11 is 0. The second kappa shape index (κ2) is 5.27. The molecule has 90 valence electrons. The molecule has 0 aromatic carbocycles. The molecule has 1 aromatic rings. The fourth-order valence-corrected chi connectivity index (χ4v) is 1.80. The molecular formula is C10H19N5O. The smallest absolute Gasteiger partial charge is 0.244 e. The number of nitrogens with zero attached hydrogens (tertiary/aromatic N) is 3. The second-order valence-electron chi connectivity index (χ2n) is 4.02. The molecule has 1 aliphatic rings. The van der Waals surface area contributed by atoms with Crippen molar-refractivity contribution < 1.29 is 4.74 Å². The standard InChI is InChI=1S/C10H19N5O/c1-3-16-7-9-12-10(14-13-9)15-5-4-11-8(2)6-15/h8,11H,3-7H2,1-2H3,(H,12,13,14)/t8-/m0/s1. The highest BCUT2D eigenvalue weighted by Gasteiger charge is 2.19. The quantitative estimate of drug-likeness (QED) is 0.763. The first-order valence-corrected chi connectivity index (χ1v) is 5.77. The number of H-pyrrole nitrogens is 1.